The molecule has 0 saturated carbocycles. The van der Waals surface area contributed by atoms with E-state index < -0.39 is 0 Å². The molecule has 0 radical (unpaired) electrons. The van der Waals surface area contributed by atoms with E-state index in [0.717, 1.165) is 5.56 Å². The van der Waals surface area contributed by atoms with Crippen LogP contribution in [-0.2, 0) is 4.79 Å². The minimum atomic E-state index is -0.124. The molecular formula is C13H16N2O2. The largest absolute Gasteiger partial charge is 0.295 e. The van der Waals surface area contributed by atoms with Crippen LogP contribution in [0.1, 0.15) is 36.7 Å². The van der Waals surface area contributed by atoms with Crippen LogP contribution in [0.2, 0.25) is 0 Å². The van der Waals surface area contributed by atoms with Gasteiger partial charge in [-0.15, -0.1) is 0 Å². The first-order valence-corrected chi connectivity index (χ1v) is 5.44. The van der Waals surface area contributed by atoms with E-state index in [4.69, 9.17) is 0 Å². The molecule has 0 unspecified atom stereocenters. The Kier molecular flexibility index (Phi) is 4.57. The quantitative estimate of drug-likeness (QED) is 0.490. The summed E-state index contributed by atoms with van der Waals surface area (Å²) < 4.78 is 0. The van der Waals surface area contributed by atoms with E-state index in [-0.39, 0.29) is 17.6 Å². The van der Waals surface area contributed by atoms with Gasteiger partial charge in [0.2, 0.25) is 5.91 Å². The minimum absolute atomic E-state index is 0.0293. The van der Waals surface area contributed by atoms with E-state index in [1.807, 2.05) is 0 Å². The fourth-order valence-electron chi connectivity index (χ4n) is 1.10. The molecule has 0 aliphatic heterocycles. The van der Waals surface area contributed by atoms with Crippen LogP contribution >= 0.6 is 0 Å². The molecule has 1 aromatic carbocycles. The lowest BCUT2D eigenvalue weighted by Crippen LogP contribution is -2.22. The van der Waals surface area contributed by atoms with Crippen molar-refractivity contribution in [3.63, 3.8) is 0 Å². The number of ketones is 1. The molecule has 4 nitrogen and oxygen atoms in total. The predicted molar refractivity (Wildman–Crippen MR) is 67.0 cm³/mol. The summed E-state index contributed by atoms with van der Waals surface area (Å²) in [5.41, 5.74) is 3.92. The molecule has 0 bridgehead atoms. The Hall–Kier alpha value is -1.97. The van der Waals surface area contributed by atoms with Gasteiger partial charge in [-0.1, -0.05) is 38.1 Å². The lowest BCUT2D eigenvalue weighted by Gasteiger charge is -2.01. The molecule has 1 rings (SSSR count). The van der Waals surface area contributed by atoms with Crippen LogP contribution in [0, 0.1) is 5.92 Å². The van der Waals surface area contributed by atoms with Crippen molar-refractivity contribution in [1.29, 1.82) is 0 Å². The Morgan fingerprint density at radius 1 is 1.24 bits per heavy atom. The van der Waals surface area contributed by atoms with Gasteiger partial charge in [-0.25, -0.2) is 5.43 Å². The van der Waals surface area contributed by atoms with Crippen molar-refractivity contribution in [2.24, 2.45) is 11.0 Å². The molecule has 4 heteroatoms. The molecule has 0 heterocycles. The monoisotopic (exact) mass is 232 g/mol. The van der Waals surface area contributed by atoms with Gasteiger partial charge in [0.15, 0.2) is 5.78 Å². The topological polar surface area (TPSA) is 58.5 Å². The molecule has 0 saturated heterocycles. The number of nitrogens with one attached hydrogen (secondary N) is 1. The summed E-state index contributed by atoms with van der Waals surface area (Å²) in [7, 11) is 0. The summed E-state index contributed by atoms with van der Waals surface area (Å²) in [5.74, 6) is -0.185. The highest BCUT2D eigenvalue weighted by molar-refractivity contribution is 5.94. The third kappa shape index (κ3) is 4.18. The summed E-state index contributed by atoms with van der Waals surface area (Å²) in [6.07, 6.45) is 1.55. The second kappa shape index (κ2) is 5.94. The average molecular weight is 232 g/mol. The Morgan fingerprint density at radius 2 is 1.82 bits per heavy atom. The summed E-state index contributed by atoms with van der Waals surface area (Å²) in [4.78, 5) is 22.3. The van der Waals surface area contributed by atoms with E-state index in [0.29, 0.717) is 5.56 Å². The van der Waals surface area contributed by atoms with Gasteiger partial charge < -0.3 is 0 Å². The van der Waals surface area contributed by atoms with Gasteiger partial charge in [0.05, 0.1) is 6.21 Å². The highest BCUT2D eigenvalue weighted by atomic mass is 16.2. The van der Waals surface area contributed by atoms with Crippen molar-refractivity contribution in [1.82, 2.24) is 5.43 Å². The number of Topliss-reactive ketones (excluding diaryl/α,β-unsaturated/α-hetero) is 1. The number of carbonyl (C=O) groups is 2. The molecule has 1 aromatic rings. The van der Waals surface area contributed by atoms with Crippen LogP contribution in [0.3, 0.4) is 0 Å². The second-order valence-electron chi connectivity index (χ2n) is 4.07. The fraction of sp³-hybridized carbons (Fsp3) is 0.308. The molecule has 0 atom stereocenters. The van der Waals surface area contributed by atoms with E-state index in [1.54, 1.807) is 44.3 Å². The summed E-state index contributed by atoms with van der Waals surface area (Å²) >= 11 is 0. The van der Waals surface area contributed by atoms with Crippen molar-refractivity contribution in [2.75, 3.05) is 0 Å². The fourth-order valence-corrected chi connectivity index (χ4v) is 1.10. The Bertz CT molecular complexity index is 433. The van der Waals surface area contributed by atoms with E-state index in [2.05, 4.69) is 10.5 Å². The van der Waals surface area contributed by atoms with Crippen molar-refractivity contribution in [2.45, 2.75) is 20.8 Å². The van der Waals surface area contributed by atoms with Gasteiger partial charge in [-0.05, 0) is 12.5 Å². The van der Waals surface area contributed by atoms with Gasteiger partial charge in [0, 0.05) is 11.5 Å². The van der Waals surface area contributed by atoms with Crippen LogP contribution in [0.4, 0.5) is 0 Å². The Balaban J connectivity index is 2.60. The molecule has 0 aliphatic rings. The summed E-state index contributed by atoms with van der Waals surface area (Å²) in [6.45, 7) is 5.12. The molecule has 1 N–H and O–H groups in total. The maximum atomic E-state index is 11.2. The first-order valence-electron chi connectivity index (χ1n) is 5.44. The van der Waals surface area contributed by atoms with Crippen LogP contribution in [0.15, 0.2) is 29.4 Å². The standard InChI is InChI=1S/C13H16N2O2/c1-9(2)13(17)15-14-8-11-4-6-12(7-5-11)10(3)16/h4-9H,1-3H3,(H,15,17)/b14-8-. The van der Waals surface area contributed by atoms with Crippen molar-refractivity contribution >= 4 is 17.9 Å². The van der Waals surface area contributed by atoms with Crippen molar-refractivity contribution < 1.29 is 9.59 Å². The molecule has 0 aromatic heterocycles. The Morgan fingerprint density at radius 3 is 2.29 bits per heavy atom. The molecular weight excluding hydrogens is 216 g/mol. The zero-order valence-corrected chi connectivity index (χ0v) is 10.2. The van der Waals surface area contributed by atoms with E-state index in [9.17, 15) is 9.59 Å². The van der Waals surface area contributed by atoms with Crippen LogP contribution in [0.25, 0.3) is 0 Å². The minimum Gasteiger partial charge on any atom is -0.295 e. The van der Waals surface area contributed by atoms with Gasteiger partial charge in [0.1, 0.15) is 0 Å². The smallest absolute Gasteiger partial charge is 0.242 e. The first kappa shape index (κ1) is 13.1. The second-order valence-corrected chi connectivity index (χ2v) is 4.07. The van der Waals surface area contributed by atoms with Crippen molar-refractivity contribution in [3.8, 4) is 0 Å². The number of nitrogens with zero attached hydrogens (tertiary/aromatic N) is 1. The van der Waals surface area contributed by atoms with Crippen LogP contribution < -0.4 is 5.43 Å². The zero-order valence-electron chi connectivity index (χ0n) is 10.2. The number of benzene rings is 1. The number of hydrogen-bond donors (Lipinski definition) is 1. The average Bonchev–Trinajstić information content (AvgIpc) is 2.29. The lowest BCUT2D eigenvalue weighted by molar-refractivity contribution is -0.123. The SMILES string of the molecule is CC(=O)c1ccc(/C=N\NC(=O)C(C)C)cc1. The summed E-state index contributed by atoms with van der Waals surface area (Å²) in [6, 6.07) is 7.02. The lowest BCUT2D eigenvalue weighted by atomic mass is 10.1. The third-order valence-corrected chi connectivity index (χ3v) is 2.23. The molecule has 90 valence electrons. The summed E-state index contributed by atoms with van der Waals surface area (Å²) in [5, 5.41) is 3.83. The van der Waals surface area contributed by atoms with Crippen LogP contribution in [-0.4, -0.2) is 17.9 Å². The third-order valence-electron chi connectivity index (χ3n) is 2.23. The molecule has 0 spiro atoms. The number of hydrogen-bond acceptors (Lipinski definition) is 3. The number of hydrazone groups is 1. The maximum absolute atomic E-state index is 11.2. The number of amides is 1. The molecule has 1 amide bonds. The van der Waals surface area contributed by atoms with Gasteiger partial charge in [0.25, 0.3) is 0 Å². The van der Waals surface area contributed by atoms with E-state index in [1.165, 1.54) is 6.92 Å². The zero-order chi connectivity index (χ0) is 12.8. The Labute approximate surface area is 101 Å². The molecule has 0 fully saturated rings. The van der Waals surface area contributed by atoms with Crippen molar-refractivity contribution in [3.05, 3.63) is 35.4 Å². The van der Waals surface area contributed by atoms with Gasteiger partial charge >= 0.3 is 0 Å². The number of carbonyl (C=O) groups excluding carboxylic acids is 2. The maximum Gasteiger partial charge on any atom is 0.242 e. The van der Waals surface area contributed by atoms with E-state index >= 15 is 0 Å². The highest BCUT2D eigenvalue weighted by Gasteiger charge is 2.03. The normalized spacial score (nSPS) is 10.8. The highest BCUT2D eigenvalue weighted by Crippen LogP contribution is 2.03. The first-order chi connectivity index (χ1) is 8.00. The predicted octanol–water partition coefficient (Wildman–Crippen LogP) is 2.00. The van der Waals surface area contributed by atoms with Gasteiger partial charge in [-0.2, -0.15) is 5.10 Å². The van der Waals surface area contributed by atoms with Gasteiger partial charge in [-0.3, -0.25) is 9.59 Å². The van der Waals surface area contributed by atoms with Crippen LogP contribution in [0.5, 0.6) is 0 Å². The molecule has 0 aliphatic carbocycles. The molecule has 17 heavy (non-hydrogen) atoms. The number of rotatable bonds is 4.